The molecule has 0 fully saturated rings. The molecule has 0 amide bonds. The number of rotatable bonds is 5. The predicted molar refractivity (Wildman–Crippen MR) is 121 cm³/mol. The molecule has 0 saturated heterocycles. The van der Waals surface area contributed by atoms with Crippen LogP contribution in [0.25, 0.3) is 0 Å². The van der Waals surface area contributed by atoms with E-state index in [1.54, 1.807) is 7.11 Å². The minimum Gasteiger partial charge on any atom is -0.497 e. The second-order valence-electron chi connectivity index (χ2n) is 7.71. The van der Waals surface area contributed by atoms with Crippen LogP contribution in [0.15, 0.2) is 75.5 Å². The molecule has 6 heteroatoms. The Kier molecular flexibility index (Phi) is 6.28. The molecule has 0 spiro atoms. The molecule has 31 heavy (non-hydrogen) atoms. The highest BCUT2D eigenvalue weighted by atomic mass is 79.9. The number of nitrogens with one attached hydrogen (secondary N) is 1. The van der Waals surface area contributed by atoms with E-state index >= 15 is 0 Å². The number of allylic oxidation sites excluding steroid dienone is 3. The molecule has 0 unspecified atom stereocenters. The Labute approximate surface area is 190 Å². The summed E-state index contributed by atoms with van der Waals surface area (Å²) in [6, 6.07) is 15.1. The van der Waals surface area contributed by atoms with Crippen molar-refractivity contribution in [2.75, 3.05) is 7.11 Å². The van der Waals surface area contributed by atoms with Gasteiger partial charge >= 0.3 is 5.97 Å². The maximum Gasteiger partial charge on any atom is 0.337 e. The third kappa shape index (κ3) is 4.30. The van der Waals surface area contributed by atoms with E-state index in [0.29, 0.717) is 17.6 Å². The van der Waals surface area contributed by atoms with E-state index < -0.39 is 11.9 Å². The molecule has 0 saturated carbocycles. The lowest BCUT2D eigenvalue weighted by molar-refractivity contribution is -0.140. The van der Waals surface area contributed by atoms with E-state index in [9.17, 15) is 9.59 Å². The number of carbonyl (C=O) groups excluding carboxylic acids is 2. The van der Waals surface area contributed by atoms with Gasteiger partial charge in [0.05, 0.1) is 12.7 Å². The van der Waals surface area contributed by atoms with Gasteiger partial charge in [-0.25, -0.2) is 4.79 Å². The Morgan fingerprint density at radius 2 is 1.87 bits per heavy atom. The van der Waals surface area contributed by atoms with Crippen molar-refractivity contribution < 1.29 is 19.1 Å². The Morgan fingerprint density at radius 3 is 2.58 bits per heavy atom. The van der Waals surface area contributed by atoms with Crippen molar-refractivity contribution in [1.82, 2.24) is 5.32 Å². The summed E-state index contributed by atoms with van der Waals surface area (Å²) in [4.78, 5) is 26.2. The average molecular weight is 482 g/mol. The first-order valence-corrected chi connectivity index (χ1v) is 11.1. The quantitative estimate of drug-likeness (QED) is 0.596. The summed E-state index contributed by atoms with van der Waals surface area (Å²) in [5, 5.41) is 3.32. The van der Waals surface area contributed by atoms with Crippen molar-refractivity contribution in [3.8, 4) is 5.75 Å². The maximum atomic E-state index is 13.3. The van der Waals surface area contributed by atoms with Crippen LogP contribution >= 0.6 is 15.9 Å². The topological polar surface area (TPSA) is 64.6 Å². The molecule has 2 aromatic rings. The number of hydrogen-bond donors (Lipinski definition) is 1. The normalized spacial score (nSPS) is 18.4. The molecule has 1 heterocycles. The first kappa shape index (κ1) is 21.4. The number of hydrogen-bond acceptors (Lipinski definition) is 5. The minimum atomic E-state index is -0.456. The van der Waals surface area contributed by atoms with Crippen molar-refractivity contribution in [1.29, 1.82) is 0 Å². The second-order valence-corrected chi connectivity index (χ2v) is 8.57. The SMILES string of the molecule is COc1ccc(COC(=O)C2=C(C)NC3=C(C(=O)CCC3)[C@H]2c2ccccc2Br)cc1. The van der Waals surface area contributed by atoms with Crippen LogP contribution in [0, 0.1) is 0 Å². The molecule has 1 N–H and O–H groups in total. The number of ether oxygens (including phenoxy) is 2. The number of carbonyl (C=O) groups is 2. The van der Waals surface area contributed by atoms with Crippen molar-refractivity contribution in [2.45, 2.75) is 38.7 Å². The number of esters is 1. The van der Waals surface area contributed by atoms with Gasteiger partial charge in [0.25, 0.3) is 0 Å². The summed E-state index contributed by atoms with van der Waals surface area (Å²) >= 11 is 3.61. The zero-order valence-corrected chi connectivity index (χ0v) is 19.1. The van der Waals surface area contributed by atoms with Crippen LogP contribution in [-0.2, 0) is 20.9 Å². The Balaban J connectivity index is 1.67. The molecule has 160 valence electrons. The standard InChI is InChI=1S/C25H24BrNO4/c1-15-22(25(29)31-14-16-10-12-17(30-2)13-11-16)23(18-6-3-4-7-19(18)26)24-20(27-15)8-5-9-21(24)28/h3-4,6-7,10-13,23,27H,5,8-9,14H2,1-2H3/t23-/m0/s1. The highest BCUT2D eigenvalue weighted by Crippen LogP contribution is 2.44. The molecule has 0 aromatic heterocycles. The monoisotopic (exact) mass is 481 g/mol. The van der Waals surface area contributed by atoms with Crippen LogP contribution in [0.4, 0.5) is 0 Å². The van der Waals surface area contributed by atoms with Crippen LogP contribution in [0.2, 0.25) is 0 Å². The lowest BCUT2D eigenvalue weighted by Crippen LogP contribution is -2.34. The Morgan fingerprint density at radius 1 is 1.13 bits per heavy atom. The molecule has 0 radical (unpaired) electrons. The molecule has 0 bridgehead atoms. The van der Waals surface area contributed by atoms with Crippen LogP contribution < -0.4 is 10.1 Å². The van der Waals surface area contributed by atoms with Gasteiger partial charge in [-0.1, -0.05) is 46.3 Å². The van der Waals surface area contributed by atoms with E-state index in [4.69, 9.17) is 9.47 Å². The second kappa shape index (κ2) is 9.10. The molecule has 4 rings (SSSR count). The lowest BCUT2D eigenvalue weighted by atomic mass is 9.75. The first-order valence-electron chi connectivity index (χ1n) is 10.3. The molecular formula is C25H24BrNO4. The van der Waals surface area contributed by atoms with E-state index in [1.165, 1.54) is 0 Å². The van der Waals surface area contributed by atoms with E-state index in [2.05, 4.69) is 21.2 Å². The van der Waals surface area contributed by atoms with Gasteiger partial charge in [0.15, 0.2) is 5.78 Å². The predicted octanol–water partition coefficient (Wildman–Crippen LogP) is 5.17. The van der Waals surface area contributed by atoms with Crippen LogP contribution in [0.1, 0.15) is 43.2 Å². The number of ketones is 1. The van der Waals surface area contributed by atoms with Gasteiger partial charge in [0, 0.05) is 33.8 Å². The third-order valence-electron chi connectivity index (χ3n) is 5.74. The third-order valence-corrected chi connectivity index (χ3v) is 6.46. The van der Waals surface area contributed by atoms with Gasteiger partial charge in [0.1, 0.15) is 12.4 Å². The smallest absolute Gasteiger partial charge is 0.337 e. The van der Waals surface area contributed by atoms with E-state index in [0.717, 1.165) is 45.6 Å². The average Bonchev–Trinajstić information content (AvgIpc) is 2.77. The Hall–Kier alpha value is -2.86. The maximum absolute atomic E-state index is 13.3. The number of dihydropyridines is 1. The molecule has 2 aliphatic rings. The molecule has 1 aliphatic carbocycles. The fourth-order valence-electron chi connectivity index (χ4n) is 4.22. The van der Waals surface area contributed by atoms with Gasteiger partial charge in [-0.05, 0) is 49.1 Å². The molecule has 5 nitrogen and oxygen atoms in total. The largest absolute Gasteiger partial charge is 0.497 e. The Bertz CT molecular complexity index is 1080. The van der Waals surface area contributed by atoms with Crippen molar-refractivity contribution in [3.63, 3.8) is 0 Å². The fraction of sp³-hybridized carbons (Fsp3) is 0.280. The fourth-order valence-corrected chi connectivity index (χ4v) is 4.74. The van der Waals surface area contributed by atoms with Gasteiger partial charge in [-0.2, -0.15) is 0 Å². The molecule has 1 aliphatic heterocycles. The molecular weight excluding hydrogens is 458 g/mol. The highest BCUT2D eigenvalue weighted by Gasteiger charge is 2.39. The van der Waals surface area contributed by atoms with E-state index in [1.807, 2.05) is 55.5 Å². The highest BCUT2D eigenvalue weighted by molar-refractivity contribution is 9.10. The number of benzene rings is 2. The van der Waals surface area contributed by atoms with Crippen LogP contribution in [-0.4, -0.2) is 18.9 Å². The van der Waals surface area contributed by atoms with Crippen molar-refractivity contribution in [3.05, 3.63) is 86.7 Å². The summed E-state index contributed by atoms with van der Waals surface area (Å²) < 4.78 is 11.7. The summed E-state index contributed by atoms with van der Waals surface area (Å²) in [7, 11) is 1.61. The van der Waals surface area contributed by atoms with Crippen molar-refractivity contribution >= 4 is 27.7 Å². The van der Waals surface area contributed by atoms with Gasteiger partial charge in [-0.15, -0.1) is 0 Å². The number of methoxy groups -OCH3 is 1. The zero-order chi connectivity index (χ0) is 22.0. The summed E-state index contributed by atoms with van der Waals surface area (Å²) in [6.45, 7) is 2.01. The summed E-state index contributed by atoms with van der Waals surface area (Å²) in [5.74, 6) is -0.0497. The van der Waals surface area contributed by atoms with Crippen molar-refractivity contribution in [2.24, 2.45) is 0 Å². The van der Waals surface area contributed by atoms with Gasteiger partial charge in [0.2, 0.25) is 0 Å². The zero-order valence-electron chi connectivity index (χ0n) is 17.5. The first-order chi connectivity index (χ1) is 15.0. The lowest BCUT2D eigenvalue weighted by Gasteiger charge is -2.34. The minimum absolute atomic E-state index is 0.0856. The molecule has 2 aromatic carbocycles. The van der Waals surface area contributed by atoms with Crippen LogP contribution in [0.5, 0.6) is 5.75 Å². The van der Waals surface area contributed by atoms with E-state index in [-0.39, 0.29) is 12.4 Å². The number of halogens is 1. The van der Waals surface area contributed by atoms with Gasteiger partial charge < -0.3 is 14.8 Å². The summed E-state index contributed by atoms with van der Waals surface area (Å²) in [5.41, 5.74) is 4.56. The number of Topliss-reactive ketones (excluding diaryl/α,β-unsaturated/α-hetero) is 1. The van der Waals surface area contributed by atoms with Crippen LogP contribution in [0.3, 0.4) is 0 Å². The van der Waals surface area contributed by atoms with Gasteiger partial charge in [-0.3, -0.25) is 4.79 Å². The molecule has 1 atom stereocenters. The summed E-state index contributed by atoms with van der Waals surface area (Å²) in [6.07, 6.45) is 2.11.